The lowest BCUT2D eigenvalue weighted by Gasteiger charge is -2.42. The van der Waals surface area contributed by atoms with Crippen LogP contribution in [0.4, 0.5) is 19.4 Å². The van der Waals surface area contributed by atoms with E-state index < -0.39 is 27.5 Å². The Morgan fingerprint density at radius 3 is 1.67 bits per heavy atom. The summed E-state index contributed by atoms with van der Waals surface area (Å²) in [4.78, 5) is 0. The van der Waals surface area contributed by atoms with Crippen LogP contribution in [0, 0.1) is 0 Å². The summed E-state index contributed by atoms with van der Waals surface area (Å²) in [6.07, 6.45) is -1.62. The average molecular weight is 235 g/mol. The van der Waals surface area contributed by atoms with Crippen molar-refractivity contribution in [1.82, 2.24) is 0 Å². The van der Waals surface area contributed by atoms with Crippen molar-refractivity contribution in [1.29, 1.82) is 0 Å². The van der Waals surface area contributed by atoms with E-state index in [1.165, 1.54) is 0 Å². The van der Waals surface area contributed by atoms with Crippen LogP contribution in [0.2, 0.25) is 0 Å². The Kier molecular flexibility index (Phi) is 2.44. The maximum Gasteiger partial charge on any atom is 0.287 e. The molecule has 2 unspecified atom stereocenters. The second kappa shape index (κ2) is 2.39. The van der Waals surface area contributed by atoms with Crippen LogP contribution in [0.3, 0.4) is 0 Å². The van der Waals surface area contributed by atoms with E-state index in [1.54, 1.807) is 0 Å². The third kappa shape index (κ3) is 6.93. The van der Waals surface area contributed by atoms with Crippen LogP contribution >= 0.6 is 21.8 Å². The molecule has 1 N–H and O–H groups in total. The van der Waals surface area contributed by atoms with E-state index in [1.807, 2.05) is 0 Å². The molecule has 0 amide bonds. The lowest BCUT2D eigenvalue weighted by Crippen LogP contribution is -2.28. The van der Waals surface area contributed by atoms with E-state index in [0.717, 1.165) is 6.92 Å². The summed E-state index contributed by atoms with van der Waals surface area (Å²) in [5.74, 6) is -2.43. The SMILES string of the molecule is CC(O)C(Cl)CS(F)(F)(F)(F)F. The van der Waals surface area contributed by atoms with E-state index in [9.17, 15) is 19.4 Å². The largest absolute Gasteiger partial charge is 0.392 e. The Bertz CT molecular complexity index is 173. The van der Waals surface area contributed by atoms with Crippen LogP contribution in [0.25, 0.3) is 0 Å². The molecule has 0 fully saturated rings. The van der Waals surface area contributed by atoms with Gasteiger partial charge < -0.3 is 5.11 Å². The van der Waals surface area contributed by atoms with Gasteiger partial charge in [-0.1, -0.05) is 19.4 Å². The number of rotatable bonds is 3. The molecule has 2 atom stereocenters. The third-order valence-electron chi connectivity index (χ3n) is 0.998. The Morgan fingerprint density at radius 2 is 1.58 bits per heavy atom. The highest BCUT2D eigenvalue weighted by molar-refractivity contribution is 8.45. The van der Waals surface area contributed by atoms with Gasteiger partial charge in [0.15, 0.2) is 0 Å². The summed E-state index contributed by atoms with van der Waals surface area (Å²) in [5, 5.41) is 6.47. The molecule has 12 heavy (non-hydrogen) atoms. The highest BCUT2D eigenvalue weighted by Crippen LogP contribution is 2.98. The Balaban J connectivity index is 4.48. The zero-order valence-electron chi connectivity index (χ0n) is 5.99. The number of aliphatic hydroxyl groups excluding tert-OH is 1. The second-order valence-corrected chi connectivity index (χ2v) is 5.70. The summed E-state index contributed by atoms with van der Waals surface area (Å²) in [7, 11) is -9.46. The van der Waals surface area contributed by atoms with Crippen molar-refractivity contribution in [3.05, 3.63) is 0 Å². The molecule has 0 aliphatic carbocycles. The quantitative estimate of drug-likeness (QED) is 0.587. The van der Waals surface area contributed by atoms with Crippen LogP contribution in [0.15, 0.2) is 0 Å². The molecule has 0 spiro atoms. The van der Waals surface area contributed by atoms with Crippen LogP contribution in [0.5, 0.6) is 0 Å². The number of hydrogen-bond acceptors (Lipinski definition) is 1. The van der Waals surface area contributed by atoms with Crippen LogP contribution < -0.4 is 0 Å². The molecule has 78 valence electrons. The van der Waals surface area contributed by atoms with Gasteiger partial charge in [0.05, 0.1) is 11.5 Å². The van der Waals surface area contributed by atoms with Crippen molar-refractivity contribution in [2.24, 2.45) is 0 Å². The normalized spacial score (nSPS) is 24.0. The predicted octanol–water partition coefficient (Wildman–Crippen LogP) is 3.27. The number of aliphatic hydroxyl groups is 1. The lowest BCUT2D eigenvalue weighted by atomic mass is 10.3. The molecular weight excluding hydrogens is 227 g/mol. The van der Waals surface area contributed by atoms with Crippen LogP contribution in [0.1, 0.15) is 6.92 Å². The summed E-state index contributed by atoms with van der Waals surface area (Å²) >= 11 is 4.86. The van der Waals surface area contributed by atoms with Crippen LogP contribution in [-0.2, 0) is 0 Å². The molecular formula is C4H8ClF5OS. The minimum absolute atomic E-state index is 0.918. The van der Waals surface area contributed by atoms with Gasteiger partial charge >= 0.3 is 0 Å². The van der Waals surface area contributed by atoms with Crippen LogP contribution in [-0.4, -0.2) is 22.3 Å². The third-order valence-corrected chi connectivity index (χ3v) is 2.69. The topological polar surface area (TPSA) is 20.2 Å². The highest BCUT2D eigenvalue weighted by Gasteiger charge is 2.64. The Morgan fingerprint density at radius 1 is 1.25 bits per heavy atom. The summed E-state index contributed by atoms with van der Waals surface area (Å²) in [5.41, 5.74) is 0. The van der Waals surface area contributed by atoms with Crippen molar-refractivity contribution >= 4 is 21.8 Å². The summed E-state index contributed by atoms with van der Waals surface area (Å²) in [6, 6.07) is 0. The molecule has 1 nitrogen and oxygen atoms in total. The number of alkyl halides is 1. The van der Waals surface area contributed by atoms with E-state index in [-0.39, 0.29) is 0 Å². The molecule has 0 heterocycles. The molecule has 0 aromatic heterocycles. The van der Waals surface area contributed by atoms with Crippen molar-refractivity contribution in [2.75, 3.05) is 5.75 Å². The van der Waals surface area contributed by atoms with Crippen molar-refractivity contribution in [3.8, 4) is 0 Å². The van der Waals surface area contributed by atoms with Crippen molar-refractivity contribution in [3.63, 3.8) is 0 Å². The first-order chi connectivity index (χ1) is 4.80. The predicted molar refractivity (Wildman–Crippen MR) is 39.3 cm³/mol. The molecule has 0 bridgehead atoms. The zero-order chi connectivity index (χ0) is 10.3. The number of halogens is 6. The molecule has 0 aromatic rings. The van der Waals surface area contributed by atoms with Gasteiger partial charge in [-0.3, -0.25) is 0 Å². The fourth-order valence-corrected chi connectivity index (χ4v) is 2.03. The molecule has 0 aliphatic rings. The number of hydrogen-bond donors (Lipinski definition) is 1. The van der Waals surface area contributed by atoms with E-state index >= 15 is 0 Å². The monoisotopic (exact) mass is 234 g/mol. The maximum absolute atomic E-state index is 11.6. The average Bonchev–Trinajstić information content (AvgIpc) is 1.55. The Hall–Kier alpha value is 0.250. The van der Waals surface area contributed by atoms with Gasteiger partial charge in [-0.05, 0) is 6.92 Å². The standard InChI is InChI=1S/C4H8ClF5OS/c1-3(11)4(5)2-12(6,7,8,9)10/h3-4,11H,2H2,1H3. The molecule has 0 saturated carbocycles. The zero-order valence-corrected chi connectivity index (χ0v) is 7.56. The van der Waals surface area contributed by atoms with Gasteiger partial charge in [-0.15, -0.1) is 11.6 Å². The first-order valence-corrected chi connectivity index (χ1v) is 5.41. The van der Waals surface area contributed by atoms with Gasteiger partial charge in [0.2, 0.25) is 0 Å². The molecule has 0 radical (unpaired) electrons. The maximum atomic E-state index is 11.6. The van der Waals surface area contributed by atoms with Crippen molar-refractivity contribution in [2.45, 2.75) is 18.4 Å². The minimum atomic E-state index is -9.46. The van der Waals surface area contributed by atoms with Gasteiger partial charge in [-0.25, -0.2) is 0 Å². The minimum Gasteiger partial charge on any atom is -0.392 e. The second-order valence-electron chi connectivity index (χ2n) is 2.55. The van der Waals surface area contributed by atoms with E-state index in [2.05, 4.69) is 0 Å². The molecule has 0 saturated heterocycles. The van der Waals surface area contributed by atoms with Crippen molar-refractivity contribution < 1.29 is 24.5 Å². The first kappa shape index (κ1) is 12.2. The first-order valence-electron chi connectivity index (χ1n) is 2.86. The van der Waals surface area contributed by atoms with Gasteiger partial charge in [0.1, 0.15) is 5.75 Å². The van der Waals surface area contributed by atoms with Gasteiger partial charge in [0.25, 0.3) is 10.2 Å². The smallest absolute Gasteiger partial charge is 0.287 e. The van der Waals surface area contributed by atoms with Gasteiger partial charge in [0, 0.05) is 0 Å². The molecule has 8 heteroatoms. The molecule has 0 aliphatic heterocycles. The van der Waals surface area contributed by atoms with E-state index in [0.29, 0.717) is 0 Å². The summed E-state index contributed by atoms with van der Waals surface area (Å²) < 4.78 is 58.2. The summed E-state index contributed by atoms with van der Waals surface area (Å²) in [6.45, 7) is 0.918. The molecule has 0 rings (SSSR count). The molecule has 0 aromatic carbocycles. The fourth-order valence-electron chi connectivity index (χ4n) is 0.440. The Labute approximate surface area is 71.2 Å². The van der Waals surface area contributed by atoms with Gasteiger partial charge in [-0.2, -0.15) is 0 Å². The lowest BCUT2D eigenvalue weighted by molar-refractivity contribution is 0.190. The highest BCUT2D eigenvalue weighted by atomic mass is 35.5. The van der Waals surface area contributed by atoms with E-state index in [4.69, 9.17) is 16.7 Å². The fraction of sp³-hybridized carbons (Fsp3) is 1.00.